The van der Waals surface area contributed by atoms with Gasteiger partial charge in [0.25, 0.3) is 5.91 Å². The molecular weight excluding hydrogens is 372 g/mol. The van der Waals surface area contributed by atoms with Crippen LogP contribution in [0.5, 0.6) is 0 Å². The Hall–Kier alpha value is -2.03. The molecule has 1 spiro atoms. The first kappa shape index (κ1) is 21.7. The predicted molar refractivity (Wildman–Crippen MR) is 108 cm³/mol. The van der Waals surface area contributed by atoms with Crippen molar-refractivity contribution in [3.05, 3.63) is 30.1 Å². The first-order valence-corrected chi connectivity index (χ1v) is 10.3. The van der Waals surface area contributed by atoms with Gasteiger partial charge in [-0.15, -0.1) is 0 Å². The van der Waals surface area contributed by atoms with Crippen LogP contribution in [-0.2, 0) is 20.8 Å². The highest BCUT2D eigenvalue weighted by molar-refractivity contribution is 6.07. The van der Waals surface area contributed by atoms with Crippen LogP contribution in [0.2, 0.25) is 0 Å². The van der Waals surface area contributed by atoms with Crippen molar-refractivity contribution in [1.82, 2.24) is 19.7 Å². The molecule has 1 atom stereocenters. The molecule has 0 aromatic carbocycles. The van der Waals surface area contributed by atoms with Gasteiger partial charge in [-0.05, 0) is 38.3 Å². The maximum absolute atomic E-state index is 13.5. The maximum atomic E-state index is 13.5. The number of nitrogens with zero attached hydrogens (tertiary/aromatic N) is 4. The minimum absolute atomic E-state index is 0.0929. The molecule has 0 aliphatic carbocycles. The lowest BCUT2D eigenvalue weighted by Gasteiger charge is -2.44. The first-order valence-electron chi connectivity index (χ1n) is 10.3. The molecule has 0 bridgehead atoms. The fourth-order valence-corrected chi connectivity index (χ4v) is 4.42. The number of hydrogen-bond donors (Lipinski definition) is 0. The van der Waals surface area contributed by atoms with Gasteiger partial charge in [0.15, 0.2) is 0 Å². The number of pyridine rings is 1. The van der Waals surface area contributed by atoms with Crippen molar-refractivity contribution in [2.45, 2.75) is 44.3 Å². The second-order valence-electron chi connectivity index (χ2n) is 7.86. The van der Waals surface area contributed by atoms with E-state index in [1.807, 2.05) is 18.2 Å². The van der Waals surface area contributed by atoms with Gasteiger partial charge in [-0.1, -0.05) is 6.07 Å². The summed E-state index contributed by atoms with van der Waals surface area (Å²) in [4.78, 5) is 36.5. The molecular formula is C21H32N4O4. The molecule has 3 amide bonds. The maximum Gasteiger partial charge on any atom is 0.328 e. The molecule has 2 fully saturated rings. The Morgan fingerprint density at radius 1 is 1.17 bits per heavy atom. The molecule has 29 heavy (non-hydrogen) atoms. The fourth-order valence-electron chi connectivity index (χ4n) is 4.42. The van der Waals surface area contributed by atoms with Gasteiger partial charge in [-0.2, -0.15) is 0 Å². The molecule has 1 aromatic heterocycles. The molecule has 0 N–H and O–H groups in total. The average Bonchev–Trinajstić information content (AvgIpc) is 2.92. The van der Waals surface area contributed by atoms with E-state index in [1.54, 1.807) is 25.3 Å². The molecule has 1 aromatic rings. The van der Waals surface area contributed by atoms with Crippen molar-refractivity contribution < 1.29 is 19.1 Å². The Bertz CT molecular complexity index is 691. The lowest BCUT2D eigenvalue weighted by atomic mass is 9.85. The van der Waals surface area contributed by atoms with Crippen LogP contribution in [0.1, 0.15) is 31.9 Å². The number of likely N-dealkylation sites (tertiary alicyclic amines) is 1. The molecule has 2 aliphatic heterocycles. The summed E-state index contributed by atoms with van der Waals surface area (Å²) < 4.78 is 10.4. The van der Waals surface area contributed by atoms with E-state index in [9.17, 15) is 9.59 Å². The third-order valence-corrected chi connectivity index (χ3v) is 6.05. The molecule has 8 heteroatoms. The van der Waals surface area contributed by atoms with Crippen LogP contribution in [0.4, 0.5) is 4.79 Å². The van der Waals surface area contributed by atoms with Crippen LogP contribution in [-0.4, -0.2) is 90.3 Å². The number of aromatic nitrogens is 1. The van der Waals surface area contributed by atoms with Crippen molar-refractivity contribution in [3.8, 4) is 0 Å². The zero-order valence-corrected chi connectivity index (χ0v) is 17.7. The number of rotatable bonds is 9. The standard InChI is InChI=1S/C21H32N4O4/c1-17(16-29-3)23-12-8-21(9-13-23)19(26)24(15-18-7-4-5-10-22-18)20(27)25(21)11-6-14-28-2/h4-5,7,10,17H,6,8-9,11-16H2,1-3H3/t17-/m1/s1. The zero-order valence-electron chi connectivity index (χ0n) is 17.7. The van der Waals surface area contributed by atoms with Gasteiger partial charge in [-0.3, -0.25) is 19.6 Å². The average molecular weight is 405 g/mol. The SMILES string of the molecule is COCCCN1C(=O)N(Cc2ccccn2)C(=O)C12CCN([C@H](C)COC)CC2. The second kappa shape index (κ2) is 9.65. The summed E-state index contributed by atoms with van der Waals surface area (Å²) in [6, 6.07) is 5.61. The van der Waals surface area contributed by atoms with Gasteiger partial charge >= 0.3 is 6.03 Å². The van der Waals surface area contributed by atoms with Gasteiger partial charge in [0.1, 0.15) is 5.54 Å². The van der Waals surface area contributed by atoms with E-state index < -0.39 is 5.54 Å². The molecule has 0 unspecified atom stereocenters. The highest BCUT2D eigenvalue weighted by atomic mass is 16.5. The van der Waals surface area contributed by atoms with E-state index >= 15 is 0 Å². The monoisotopic (exact) mass is 404 g/mol. The van der Waals surface area contributed by atoms with Crippen LogP contribution in [0.25, 0.3) is 0 Å². The molecule has 3 heterocycles. The van der Waals surface area contributed by atoms with E-state index in [0.717, 1.165) is 13.1 Å². The number of amides is 3. The summed E-state index contributed by atoms with van der Waals surface area (Å²) in [5.74, 6) is -0.0929. The normalized spacial score (nSPS) is 20.7. The molecule has 8 nitrogen and oxygen atoms in total. The summed E-state index contributed by atoms with van der Waals surface area (Å²) in [6.45, 7) is 5.61. The number of piperidine rings is 1. The number of carbonyl (C=O) groups excluding carboxylic acids is 2. The molecule has 160 valence electrons. The number of methoxy groups -OCH3 is 2. The minimum Gasteiger partial charge on any atom is -0.385 e. The Morgan fingerprint density at radius 3 is 2.55 bits per heavy atom. The quantitative estimate of drug-likeness (QED) is 0.461. The number of ether oxygens (including phenoxy) is 2. The van der Waals surface area contributed by atoms with Crippen LogP contribution in [0.15, 0.2) is 24.4 Å². The Morgan fingerprint density at radius 2 is 1.93 bits per heavy atom. The topological polar surface area (TPSA) is 75.2 Å². The third-order valence-electron chi connectivity index (χ3n) is 6.05. The smallest absolute Gasteiger partial charge is 0.328 e. The zero-order chi connectivity index (χ0) is 20.9. The molecule has 2 saturated heterocycles. The number of carbonyl (C=O) groups is 2. The number of hydrogen-bond acceptors (Lipinski definition) is 6. The summed E-state index contributed by atoms with van der Waals surface area (Å²) in [5.41, 5.74) is -0.0441. The van der Waals surface area contributed by atoms with E-state index in [1.165, 1.54) is 4.90 Å². The lowest BCUT2D eigenvalue weighted by Crippen LogP contribution is -2.58. The van der Waals surface area contributed by atoms with E-state index in [4.69, 9.17) is 9.47 Å². The van der Waals surface area contributed by atoms with Gasteiger partial charge < -0.3 is 14.4 Å². The summed E-state index contributed by atoms with van der Waals surface area (Å²) in [7, 11) is 3.35. The number of imide groups is 1. The molecule has 0 radical (unpaired) electrons. The van der Waals surface area contributed by atoms with Crippen molar-refractivity contribution in [3.63, 3.8) is 0 Å². The lowest BCUT2D eigenvalue weighted by molar-refractivity contribution is -0.136. The van der Waals surface area contributed by atoms with Crippen LogP contribution in [0.3, 0.4) is 0 Å². The van der Waals surface area contributed by atoms with Crippen molar-refractivity contribution in [2.75, 3.05) is 47.1 Å². The van der Waals surface area contributed by atoms with Crippen molar-refractivity contribution in [1.29, 1.82) is 0 Å². The summed E-state index contributed by atoms with van der Waals surface area (Å²) in [5, 5.41) is 0. The van der Waals surface area contributed by atoms with Gasteiger partial charge in [-0.25, -0.2) is 4.79 Å². The Kier molecular flexibility index (Phi) is 7.21. The van der Waals surface area contributed by atoms with Gasteiger partial charge in [0.05, 0.1) is 18.8 Å². The van der Waals surface area contributed by atoms with Crippen LogP contribution in [0, 0.1) is 0 Å². The van der Waals surface area contributed by atoms with Crippen LogP contribution < -0.4 is 0 Å². The Balaban J connectivity index is 1.79. The largest absolute Gasteiger partial charge is 0.385 e. The van der Waals surface area contributed by atoms with E-state index in [2.05, 4.69) is 16.8 Å². The molecule has 2 aliphatic rings. The molecule has 3 rings (SSSR count). The highest BCUT2D eigenvalue weighted by Crippen LogP contribution is 2.38. The van der Waals surface area contributed by atoms with E-state index in [-0.39, 0.29) is 24.5 Å². The first-order chi connectivity index (χ1) is 14.0. The molecule has 0 saturated carbocycles. The fraction of sp³-hybridized carbons (Fsp3) is 0.667. The van der Waals surface area contributed by atoms with Crippen molar-refractivity contribution in [2.24, 2.45) is 0 Å². The summed E-state index contributed by atoms with van der Waals surface area (Å²) >= 11 is 0. The second-order valence-corrected chi connectivity index (χ2v) is 7.86. The highest BCUT2D eigenvalue weighted by Gasteiger charge is 2.57. The third kappa shape index (κ3) is 4.44. The number of urea groups is 1. The predicted octanol–water partition coefficient (Wildman–Crippen LogP) is 1.75. The Labute approximate surface area is 172 Å². The minimum atomic E-state index is -0.761. The van der Waals surface area contributed by atoms with Crippen LogP contribution >= 0.6 is 0 Å². The van der Waals surface area contributed by atoms with Gasteiger partial charge in [0, 0.05) is 52.7 Å². The van der Waals surface area contributed by atoms with Gasteiger partial charge in [0.2, 0.25) is 0 Å². The van der Waals surface area contributed by atoms with Crippen molar-refractivity contribution >= 4 is 11.9 Å². The summed E-state index contributed by atoms with van der Waals surface area (Å²) in [6.07, 6.45) is 3.66. The van der Waals surface area contributed by atoms with E-state index in [0.29, 0.717) is 44.7 Å².